The summed E-state index contributed by atoms with van der Waals surface area (Å²) in [5, 5.41) is 16.6. The molecule has 1 aromatic heterocycles. The number of halogens is 1. The van der Waals surface area contributed by atoms with E-state index in [2.05, 4.69) is 75.2 Å². The van der Waals surface area contributed by atoms with Crippen molar-refractivity contribution >= 4 is 22.9 Å². The van der Waals surface area contributed by atoms with E-state index in [-0.39, 0.29) is 0 Å². The number of rotatable bonds is 9. The lowest BCUT2D eigenvalue weighted by Gasteiger charge is -2.39. The van der Waals surface area contributed by atoms with E-state index in [9.17, 15) is 5.11 Å². The van der Waals surface area contributed by atoms with Crippen LogP contribution in [0.2, 0.25) is 5.02 Å². The molecule has 2 aliphatic rings. The second-order valence-electron chi connectivity index (χ2n) is 10.6. The Labute approximate surface area is 219 Å². The topological polar surface area (TPSA) is 26.7 Å². The van der Waals surface area contributed by atoms with Gasteiger partial charge in [-0.25, -0.2) is 0 Å². The van der Waals surface area contributed by atoms with Gasteiger partial charge < -0.3 is 10.0 Å². The molecule has 2 atom stereocenters. The number of hydrogen-bond acceptors (Lipinski definition) is 4. The van der Waals surface area contributed by atoms with Gasteiger partial charge >= 0.3 is 0 Å². The van der Waals surface area contributed by atoms with Gasteiger partial charge in [0.15, 0.2) is 0 Å². The van der Waals surface area contributed by atoms with Crippen LogP contribution in [0.4, 0.5) is 0 Å². The molecule has 0 saturated carbocycles. The van der Waals surface area contributed by atoms with Crippen molar-refractivity contribution in [1.82, 2.24) is 9.80 Å². The van der Waals surface area contributed by atoms with Gasteiger partial charge in [0.2, 0.25) is 0 Å². The molecule has 2 fully saturated rings. The third-order valence-electron chi connectivity index (χ3n) is 8.01. The predicted molar refractivity (Wildman–Crippen MR) is 147 cm³/mol. The summed E-state index contributed by atoms with van der Waals surface area (Å²) < 4.78 is 0. The van der Waals surface area contributed by atoms with Crippen LogP contribution in [0.1, 0.15) is 48.3 Å². The van der Waals surface area contributed by atoms with Gasteiger partial charge in [-0.15, -0.1) is 0 Å². The van der Waals surface area contributed by atoms with Crippen molar-refractivity contribution in [2.24, 2.45) is 5.92 Å². The Morgan fingerprint density at radius 2 is 1.74 bits per heavy atom. The number of likely N-dealkylation sites (tertiary alicyclic amines) is 2. The van der Waals surface area contributed by atoms with Crippen molar-refractivity contribution in [3.05, 3.63) is 93.1 Å². The maximum Gasteiger partial charge on any atom is 0.0672 e. The molecule has 186 valence electrons. The molecule has 2 unspecified atom stereocenters. The number of aliphatic hydroxyl groups is 1. The molecule has 2 aromatic carbocycles. The van der Waals surface area contributed by atoms with E-state index in [1.165, 1.54) is 16.7 Å². The van der Waals surface area contributed by atoms with Gasteiger partial charge in [0, 0.05) is 50.2 Å². The van der Waals surface area contributed by atoms with Gasteiger partial charge in [-0.05, 0) is 83.7 Å². The summed E-state index contributed by atoms with van der Waals surface area (Å²) in [4.78, 5) is 5.21. The molecule has 35 heavy (non-hydrogen) atoms. The smallest absolute Gasteiger partial charge is 0.0672 e. The van der Waals surface area contributed by atoms with Crippen LogP contribution in [0, 0.1) is 5.92 Å². The van der Waals surface area contributed by atoms with E-state index in [1.807, 2.05) is 6.07 Å². The fraction of sp³-hybridized carbons (Fsp3) is 0.467. The molecule has 0 amide bonds. The summed E-state index contributed by atoms with van der Waals surface area (Å²) in [6.45, 7) is 6.30. The largest absolute Gasteiger partial charge is 0.390 e. The first-order valence-electron chi connectivity index (χ1n) is 13.0. The van der Waals surface area contributed by atoms with Crippen molar-refractivity contribution in [1.29, 1.82) is 0 Å². The Morgan fingerprint density at radius 3 is 2.49 bits per heavy atom. The highest BCUT2D eigenvalue weighted by atomic mass is 35.5. The number of nitrogens with zero attached hydrogens (tertiary/aromatic N) is 2. The molecule has 0 spiro atoms. The number of benzene rings is 2. The lowest BCUT2D eigenvalue weighted by molar-refractivity contribution is -0.0316. The summed E-state index contributed by atoms with van der Waals surface area (Å²) >= 11 is 8.04. The molecule has 2 saturated heterocycles. The Morgan fingerprint density at radius 1 is 0.943 bits per heavy atom. The quantitative estimate of drug-likeness (QED) is 0.359. The first kappa shape index (κ1) is 25.0. The predicted octanol–water partition coefficient (Wildman–Crippen LogP) is 6.47. The lowest BCUT2D eigenvalue weighted by atomic mass is 9.84. The number of hydrogen-bond donors (Lipinski definition) is 1. The average molecular weight is 509 g/mol. The monoisotopic (exact) mass is 508 g/mol. The van der Waals surface area contributed by atoms with Crippen molar-refractivity contribution in [2.45, 2.75) is 50.2 Å². The molecule has 2 aliphatic heterocycles. The Balaban J connectivity index is 1.14. The van der Waals surface area contributed by atoms with E-state index in [0.717, 1.165) is 76.4 Å². The van der Waals surface area contributed by atoms with Crippen LogP contribution >= 0.6 is 22.9 Å². The summed E-state index contributed by atoms with van der Waals surface area (Å²) in [5.41, 5.74) is 3.66. The number of thiophene rings is 1. The molecule has 5 rings (SSSR count). The molecule has 0 bridgehead atoms. The lowest BCUT2D eigenvalue weighted by Crippen LogP contribution is -2.46. The maximum atomic E-state index is 11.2. The van der Waals surface area contributed by atoms with Crippen molar-refractivity contribution in [3.63, 3.8) is 0 Å². The number of aryl methyl sites for hydroxylation is 1. The second-order valence-corrected chi connectivity index (χ2v) is 11.8. The van der Waals surface area contributed by atoms with Crippen molar-refractivity contribution in [2.75, 3.05) is 32.7 Å². The summed E-state index contributed by atoms with van der Waals surface area (Å²) in [5.74, 6) is 1.19. The van der Waals surface area contributed by atoms with Crippen LogP contribution < -0.4 is 0 Å². The summed E-state index contributed by atoms with van der Waals surface area (Å²) in [6.07, 6.45) is 4.80. The van der Waals surface area contributed by atoms with Crippen LogP contribution in [0.25, 0.3) is 0 Å². The molecule has 0 radical (unpaired) electrons. The molecular formula is C30H37ClN2OS. The standard InChI is InChI=1S/C30H37ClN2OS/c31-28-10-4-8-25(18-28)19-33-21-27(29(22-33)26-11-17-35-23-26)20-32-15-13-30(34,14-16-32)12-5-9-24-6-2-1-3-7-24/h1-4,6-8,10-11,17-18,23,27,29,34H,5,9,12-16,19-22H2. The Kier molecular flexibility index (Phi) is 8.26. The molecule has 5 heteroatoms. The van der Waals surface area contributed by atoms with Crippen LogP contribution in [0.3, 0.4) is 0 Å². The zero-order valence-corrected chi connectivity index (χ0v) is 22.1. The zero-order valence-electron chi connectivity index (χ0n) is 20.5. The third kappa shape index (κ3) is 6.75. The first-order valence-corrected chi connectivity index (χ1v) is 14.4. The molecule has 3 heterocycles. The van der Waals surface area contributed by atoms with Gasteiger partial charge in [-0.3, -0.25) is 4.90 Å². The van der Waals surface area contributed by atoms with E-state index in [4.69, 9.17) is 11.6 Å². The molecule has 0 aliphatic carbocycles. The third-order valence-corrected chi connectivity index (χ3v) is 8.95. The summed E-state index contributed by atoms with van der Waals surface area (Å²) in [7, 11) is 0. The average Bonchev–Trinajstić information content (AvgIpc) is 3.52. The summed E-state index contributed by atoms with van der Waals surface area (Å²) in [6, 6.07) is 21.2. The Bertz CT molecular complexity index is 1050. The van der Waals surface area contributed by atoms with Gasteiger partial charge in [-0.1, -0.05) is 54.1 Å². The molecule has 3 nitrogen and oxygen atoms in total. The van der Waals surface area contributed by atoms with E-state index in [1.54, 1.807) is 11.3 Å². The van der Waals surface area contributed by atoms with Crippen molar-refractivity contribution < 1.29 is 5.11 Å². The van der Waals surface area contributed by atoms with E-state index < -0.39 is 5.60 Å². The van der Waals surface area contributed by atoms with Crippen LogP contribution in [-0.4, -0.2) is 53.2 Å². The molecular weight excluding hydrogens is 472 g/mol. The number of piperidine rings is 1. The zero-order chi connectivity index (χ0) is 24.1. The van der Waals surface area contributed by atoms with Gasteiger partial charge in [0.05, 0.1) is 5.60 Å². The fourth-order valence-corrected chi connectivity index (χ4v) is 6.97. The minimum absolute atomic E-state index is 0.494. The van der Waals surface area contributed by atoms with Gasteiger partial charge in [0.1, 0.15) is 0 Å². The fourth-order valence-electron chi connectivity index (χ4n) is 6.03. The minimum atomic E-state index is -0.494. The second kappa shape index (κ2) is 11.6. The minimum Gasteiger partial charge on any atom is -0.390 e. The van der Waals surface area contributed by atoms with Crippen molar-refractivity contribution in [3.8, 4) is 0 Å². The van der Waals surface area contributed by atoms with Crippen LogP contribution in [0.15, 0.2) is 71.4 Å². The van der Waals surface area contributed by atoms with E-state index in [0.29, 0.717) is 11.8 Å². The molecule has 1 N–H and O–H groups in total. The molecule has 3 aromatic rings. The van der Waals surface area contributed by atoms with Crippen LogP contribution in [-0.2, 0) is 13.0 Å². The van der Waals surface area contributed by atoms with E-state index >= 15 is 0 Å². The first-order chi connectivity index (χ1) is 17.1. The Hall–Kier alpha value is -1.69. The highest BCUT2D eigenvalue weighted by Crippen LogP contribution is 2.36. The van der Waals surface area contributed by atoms with Crippen LogP contribution in [0.5, 0.6) is 0 Å². The maximum absolute atomic E-state index is 11.2. The van der Waals surface area contributed by atoms with Gasteiger partial charge in [0.25, 0.3) is 0 Å². The van der Waals surface area contributed by atoms with Gasteiger partial charge in [-0.2, -0.15) is 11.3 Å². The highest BCUT2D eigenvalue weighted by Gasteiger charge is 2.37. The highest BCUT2D eigenvalue weighted by molar-refractivity contribution is 7.08. The normalized spacial score (nSPS) is 23.0. The SMILES string of the molecule is OC1(CCCc2ccccc2)CCN(CC2CN(Cc3cccc(Cl)c3)CC2c2ccsc2)CC1.